The van der Waals surface area contributed by atoms with E-state index < -0.39 is 24.1 Å². The van der Waals surface area contributed by atoms with Gasteiger partial charge in [0.05, 0.1) is 42.2 Å². The Labute approximate surface area is 283 Å². The lowest BCUT2D eigenvalue weighted by molar-refractivity contribution is -0.252. The van der Waals surface area contributed by atoms with E-state index in [1.54, 1.807) is 0 Å². The van der Waals surface area contributed by atoms with E-state index >= 15 is 0 Å². The zero-order chi connectivity index (χ0) is 32.1. The molecule has 1 unspecified atom stereocenters. The van der Waals surface area contributed by atoms with E-state index in [2.05, 4.69) is 15.3 Å². The van der Waals surface area contributed by atoms with Crippen molar-refractivity contribution >= 4 is 39.0 Å². The molecule has 3 aromatic carbocycles. The lowest BCUT2D eigenvalue weighted by Crippen LogP contribution is -2.44. The minimum absolute atomic E-state index is 0.0978. The lowest BCUT2D eigenvalue weighted by atomic mass is 9.98. The molecule has 0 radical (unpaired) electrons. The maximum atomic E-state index is 12.7. The molecule has 5 aromatic rings. The molecule has 244 valence electrons. The van der Waals surface area contributed by atoms with Gasteiger partial charge in [-0.2, -0.15) is 4.98 Å². The van der Waals surface area contributed by atoms with E-state index in [4.69, 9.17) is 30.5 Å². The average Bonchev–Trinajstić information content (AvgIpc) is 3.83. The topological polar surface area (TPSA) is 95.0 Å². The molecule has 47 heavy (non-hydrogen) atoms. The Balaban J connectivity index is 1.24. The number of hydrogen-bond acceptors (Lipinski definition) is 9. The van der Waals surface area contributed by atoms with Crippen LogP contribution in [-0.2, 0) is 44.6 Å². The zero-order valence-electron chi connectivity index (χ0n) is 26.0. The standard InChI is InChI=1S/C37H38ClN3O5S/c38-36-40-31-29(24-47-33(31)35(41-36)39-28-18-10-11-19-28)37(42)34(45-22-27-16-8-3-9-17-27)32(44-21-26-14-6-2-7-15-26)30(46-37)23-43-20-25-12-4-1-5-13-25/h1-9,12-17,24,28,30,32,34,42H,10-11,18-23H2,(H,39,40,41)/t30-,32-,34-,37?/m1/s1. The van der Waals surface area contributed by atoms with Crippen LogP contribution in [-0.4, -0.2) is 46.0 Å². The van der Waals surface area contributed by atoms with Gasteiger partial charge in [-0.3, -0.25) is 0 Å². The number of benzene rings is 3. The zero-order valence-corrected chi connectivity index (χ0v) is 27.5. The van der Waals surface area contributed by atoms with E-state index in [1.165, 1.54) is 24.2 Å². The molecule has 3 heterocycles. The molecule has 8 nitrogen and oxygen atoms in total. The fraction of sp³-hybridized carbons (Fsp3) is 0.351. The van der Waals surface area contributed by atoms with Gasteiger partial charge in [-0.15, -0.1) is 11.3 Å². The Kier molecular flexibility index (Phi) is 10.1. The Morgan fingerprint density at radius 2 is 1.43 bits per heavy atom. The molecule has 2 aliphatic rings. The molecule has 7 rings (SSSR count). The first-order valence-corrected chi connectivity index (χ1v) is 17.4. The highest BCUT2D eigenvalue weighted by atomic mass is 35.5. The Bertz CT molecular complexity index is 1740. The lowest BCUT2D eigenvalue weighted by Gasteiger charge is -2.30. The van der Waals surface area contributed by atoms with Gasteiger partial charge < -0.3 is 29.4 Å². The van der Waals surface area contributed by atoms with Crippen molar-refractivity contribution in [3.8, 4) is 0 Å². The number of nitrogens with zero attached hydrogens (tertiary/aromatic N) is 2. The number of halogens is 1. The number of hydrogen-bond donors (Lipinski definition) is 2. The van der Waals surface area contributed by atoms with Crippen LogP contribution in [0.5, 0.6) is 0 Å². The number of nitrogens with one attached hydrogen (secondary N) is 1. The summed E-state index contributed by atoms with van der Waals surface area (Å²) in [5.41, 5.74) is 3.99. The Hall–Kier alpha value is -3.41. The van der Waals surface area contributed by atoms with E-state index in [1.807, 2.05) is 96.4 Å². The van der Waals surface area contributed by atoms with E-state index in [9.17, 15) is 5.11 Å². The normalized spacial score (nSPS) is 23.1. The first-order chi connectivity index (χ1) is 23.1. The molecule has 0 spiro atoms. The number of thiophene rings is 1. The molecular formula is C37H38ClN3O5S. The summed E-state index contributed by atoms with van der Waals surface area (Å²) >= 11 is 7.96. The molecular weight excluding hydrogens is 634 g/mol. The monoisotopic (exact) mass is 671 g/mol. The second-order valence-electron chi connectivity index (χ2n) is 12.1. The highest BCUT2D eigenvalue weighted by Crippen LogP contribution is 2.46. The van der Waals surface area contributed by atoms with E-state index in [-0.39, 0.29) is 18.5 Å². The number of anilines is 1. The third-order valence-electron chi connectivity index (χ3n) is 8.80. The first kappa shape index (κ1) is 32.2. The highest BCUT2D eigenvalue weighted by molar-refractivity contribution is 7.18. The predicted octanol–water partition coefficient (Wildman–Crippen LogP) is 7.63. The minimum Gasteiger partial charge on any atom is -0.374 e. The van der Waals surface area contributed by atoms with Gasteiger partial charge in [0.1, 0.15) is 24.1 Å². The number of aromatic nitrogens is 2. The molecule has 2 aromatic heterocycles. The fourth-order valence-electron chi connectivity index (χ4n) is 6.43. The molecule has 2 fully saturated rings. The van der Waals surface area contributed by atoms with Crippen molar-refractivity contribution in [1.82, 2.24) is 9.97 Å². The maximum absolute atomic E-state index is 12.7. The van der Waals surface area contributed by atoms with Crippen LogP contribution in [0.25, 0.3) is 10.2 Å². The van der Waals surface area contributed by atoms with Gasteiger partial charge >= 0.3 is 0 Å². The molecule has 1 saturated heterocycles. The average molecular weight is 672 g/mol. The molecule has 2 N–H and O–H groups in total. The smallest absolute Gasteiger partial charge is 0.225 e. The van der Waals surface area contributed by atoms with Crippen molar-refractivity contribution in [1.29, 1.82) is 0 Å². The molecule has 4 atom stereocenters. The van der Waals surface area contributed by atoms with Gasteiger partial charge in [-0.05, 0) is 41.1 Å². The SMILES string of the molecule is OC1(c2csc3c(NC4CCCC4)nc(Cl)nc23)O[C@H](COCc2ccccc2)[C@@H](OCc2ccccc2)[C@H]1OCc1ccccc1. The van der Waals surface area contributed by atoms with Crippen molar-refractivity contribution in [2.24, 2.45) is 0 Å². The summed E-state index contributed by atoms with van der Waals surface area (Å²) in [5, 5.41) is 18.3. The van der Waals surface area contributed by atoms with Crippen molar-refractivity contribution < 1.29 is 24.1 Å². The molecule has 1 aliphatic carbocycles. The molecule has 1 saturated carbocycles. The number of ether oxygens (including phenoxy) is 4. The van der Waals surface area contributed by atoms with E-state index in [0.717, 1.165) is 34.2 Å². The van der Waals surface area contributed by atoms with Crippen LogP contribution in [0.2, 0.25) is 5.28 Å². The molecule has 1 aliphatic heterocycles. The Morgan fingerprint density at radius 1 is 0.830 bits per heavy atom. The number of rotatable bonds is 13. The fourth-order valence-corrected chi connectivity index (χ4v) is 7.60. The van der Waals surface area contributed by atoms with Gasteiger partial charge in [-0.1, -0.05) is 104 Å². The van der Waals surface area contributed by atoms with Crippen LogP contribution in [0.3, 0.4) is 0 Å². The maximum Gasteiger partial charge on any atom is 0.225 e. The van der Waals surface area contributed by atoms with Gasteiger partial charge in [0.2, 0.25) is 11.1 Å². The summed E-state index contributed by atoms with van der Waals surface area (Å²) in [6.07, 6.45) is 2.27. The largest absolute Gasteiger partial charge is 0.374 e. The van der Waals surface area contributed by atoms with Gasteiger partial charge in [0.25, 0.3) is 0 Å². The van der Waals surface area contributed by atoms with E-state index in [0.29, 0.717) is 36.2 Å². The van der Waals surface area contributed by atoms with Crippen LogP contribution in [0.1, 0.15) is 47.9 Å². The summed E-state index contributed by atoms with van der Waals surface area (Å²) in [6, 6.07) is 30.1. The predicted molar refractivity (Wildman–Crippen MR) is 183 cm³/mol. The van der Waals surface area contributed by atoms with Crippen LogP contribution >= 0.6 is 22.9 Å². The second kappa shape index (κ2) is 14.8. The molecule has 10 heteroatoms. The highest BCUT2D eigenvalue weighted by Gasteiger charge is 2.58. The molecule has 0 bridgehead atoms. The summed E-state index contributed by atoms with van der Waals surface area (Å²) in [6.45, 7) is 1.11. The summed E-state index contributed by atoms with van der Waals surface area (Å²) < 4.78 is 26.8. The van der Waals surface area contributed by atoms with Crippen LogP contribution in [0.15, 0.2) is 96.4 Å². The van der Waals surface area contributed by atoms with Gasteiger partial charge in [0, 0.05) is 11.4 Å². The van der Waals surface area contributed by atoms with Crippen molar-refractivity contribution in [2.75, 3.05) is 11.9 Å². The van der Waals surface area contributed by atoms with Gasteiger partial charge in [-0.25, -0.2) is 4.98 Å². The summed E-state index contributed by atoms with van der Waals surface area (Å²) in [5.74, 6) is -1.25. The molecule has 0 amide bonds. The van der Waals surface area contributed by atoms with Crippen molar-refractivity contribution in [3.05, 3.63) is 124 Å². The van der Waals surface area contributed by atoms with Crippen LogP contribution in [0.4, 0.5) is 5.82 Å². The third-order valence-corrected chi connectivity index (χ3v) is 9.95. The minimum atomic E-state index is -1.92. The summed E-state index contributed by atoms with van der Waals surface area (Å²) in [7, 11) is 0. The number of fused-ring (bicyclic) bond motifs is 1. The quantitative estimate of drug-likeness (QED) is 0.123. The van der Waals surface area contributed by atoms with Crippen molar-refractivity contribution in [3.63, 3.8) is 0 Å². The first-order valence-electron chi connectivity index (χ1n) is 16.1. The third kappa shape index (κ3) is 7.37. The van der Waals surface area contributed by atoms with Crippen LogP contribution < -0.4 is 5.32 Å². The van der Waals surface area contributed by atoms with Crippen molar-refractivity contribution in [2.45, 2.75) is 75.6 Å². The van der Waals surface area contributed by atoms with Crippen LogP contribution in [0, 0.1) is 0 Å². The second-order valence-corrected chi connectivity index (χ2v) is 13.3. The summed E-state index contributed by atoms with van der Waals surface area (Å²) in [4.78, 5) is 9.16. The number of aliphatic hydroxyl groups is 1. The Morgan fingerprint density at radius 3 is 2.06 bits per heavy atom. The van der Waals surface area contributed by atoms with Gasteiger partial charge in [0.15, 0.2) is 0 Å².